The van der Waals surface area contributed by atoms with Crippen molar-refractivity contribution in [3.8, 4) is 5.69 Å². The van der Waals surface area contributed by atoms with Crippen molar-refractivity contribution in [1.82, 2.24) is 14.7 Å². The Kier molecular flexibility index (Phi) is 7.74. The van der Waals surface area contributed by atoms with Crippen LogP contribution in [0.2, 0.25) is 0 Å². The zero-order valence-corrected chi connectivity index (χ0v) is 21.4. The summed E-state index contributed by atoms with van der Waals surface area (Å²) in [7, 11) is 0. The fourth-order valence-electron chi connectivity index (χ4n) is 3.39. The molecular formula is C26H31BrN4O2. The van der Waals surface area contributed by atoms with Gasteiger partial charge in [0.15, 0.2) is 0 Å². The number of carbonyl (C=O) groups excluding carboxylic acids is 2. The third-order valence-electron chi connectivity index (χ3n) is 5.04. The predicted octanol–water partition coefficient (Wildman–Crippen LogP) is 5.67. The van der Waals surface area contributed by atoms with Crippen LogP contribution < -0.4 is 5.32 Å². The monoisotopic (exact) mass is 510 g/mol. The molecule has 1 aromatic heterocycles. The highest BCUT2D eigenvalue weighted by molar-refractivity contribution is 9.10. The molecule has 0 fully saturated rings. The molecule has 0 atom stereocenters. The van der Waals surface area contributed by atoms with Crippen molar-refractivity contribution < 1.29 is 9.59 Å². The number of aromatic nitrogens is 2. The van der Waals surface area contributed by atoms with Gasteiger partial charge in [-0.15, -0.1) is 0 Å². The lowest BCUT2D eigenvalue weighted by Crippen LogP contribution is -2.40. The molecule has 0 aliphatic carbocycles. The summed E-state index contributed by atoms with van der Waals surface area (Å²) in [6.45, 7) is 10.7. The average Bonchev–Trinajstić information content (AvgIpc) is 3.18. The van der Waals surface area contributed by atoms with Crippen LogP contribution in [0.25, 0.3) is 5.69 Å². The van der Waals surface area contributed by atoms with E-state index in [0.29, 0.717) is 17.9 Å². The fraction of sp³-hybridized carbons (Fsp3) is 0.346. The number of benzene rings is 2. The molecule has 3 aromatic rings. The van der Waals surface area contributed by atoms with Crippen LogP contribution in [0.4, 0.5) is 5.82 Å². The molecule has 0 radical (unpaired) electrons. The number of nitrogens with zero attached hydrogens (tertiary/aromatic N) is 3. The van der Waals surface area contributed by atoms with Gasteiger partial charge in [-0.05, 0) is 42.3 Å². The van der Waals surface area contributed by atoms with E-state index in [1.165, 1.54) is 0 Å². The van der Waals surface area contributed by atoms with E-state index in [4.69, 9.17) is 5.10 Å². The van der Waals surface area contributed by atoms with Gasteiger partial charge < -0.3 is 10.2 Å². The molecule has 1 N–H and O–H groups in total. The van der Waals surface area contributed by atoms with Gasteiger partial charge in [-0.25, -0.2) is 4.68 Å². The van der Waals surface area contributed by atoms with Crippen molar-refractivity contribution in [3.05, 3.63) is 76.4 Å². The zero-order chi connectivity index (χ0) is 24.2. The van der Waals surface area contributed by atoms with E-state index in [1.54, 1.807) is 21.7 Å². The highest BCUT2D eigenvalue weighted by Gasteiger charge is 2.24. The second-order valence-electron chi connectivity index (χ2n) is 9.55. The average molecular weight is 511 g/mol. The van der Waals surface area contributed by atoms with Crippen LogP contribution in [-0.2, 0) is 10.2 Å². The summed E-state index contributed by atoms with van der Waals surface area (Å²) < 4.78 is 2.64. The quantitative estimate of drug-likeness (QED) is 0.445. The highest BCUT2D eigenvalue weighted by Crippen LogP contribution is 2.26. The van der Waals surface area contributed by atoms with Crippen molar-refractivity contribution in [1.29, 1.82) is 0 Å². The molecule has 3 rings (SSSR count). The molecule has 0 aliphatic rings. The molecule has 174 valence electrons. The first kappa shape index (κ1) is 24.7. The number of hydrogen-bond acceptors (Lipinski definition) is 3. The predicted molar refractivity (Wildman–Crippen MR) is 136 cm³/mol. The molecule has 0 spiro atoms. The molecule has 0 saturated heterocycles. The van der Waals surface area contributed by atoms with E-state index in [1.807, 2.05) is 62.4 Å². The number of amides is 2. The second-order valence-corrected chi connectivity index (χ2v) is 10.5. The van der Waals surface area contributed by atoms with Gasteiger partial charge in [0.1, 0.15) is 12.4 Å². The molecule has 33 heavy (non-hydrogen) atoms. The van der Waals surface area contributed by atoms with Gasteiger partial charge in [-0.3, -0.25) is 9.59 Å². The molecule has 2 amide bonds. The summed E-state index contributed by atoms with van der Waals surface area (Å²) in [4.78, 5) is 27.8. The van der Waals surface area contributed by atoms with E-state index in [2.05, 4.69) is 42.0 Å². The smallest absolute Gasteiger partial charge is 0.254 e. The van der Waals surface area contributed by atoms with Crippen molar-refractivity contribution in [3.63, 3.8) is 0 Å². The second kappa shape index (κ2) is 10.3. The zero-order valence-electron chi connectivity index (χ0n) is 19.8. The van der Waals surface area contributed by atoms with E-state index < -0.39 is 0 Å². The van der Waals surface area contributed by atoms with Gasteiger partial charge in [0.05, 0.1) is 11.4 Å². The Hall–Kier alpha value is -2.93. The summed E-state index contributed by atoms with van der Waals surface area (Å²) in [5, 5.41) is 7.72. The number of halogens is 1. The number of hydrogen-bond donors (Lipinski definition) is 1. The lowest BCUT2D eigenvalue weighted by molar-refractivity contribution is -0.117. The molecule has 0 saturated carbocycles. The topological polar surface area (TPSA) is 67.2 Å². The minimum atomic E-state index is -0.265. The summed E-state index contributed by atoms with van der Waals surface area (Å²) in [6, 6.07) is 18.8. The summed E-state index contributed by atoms with van der Waals surface area (Å²) >= 11 is 3.39. The van der Waals surface area contributed by atoms with Crippen LogP contribution >= 0.6 is 15.9 Å². The number of anilines is 1. The van der Waals surface area contributed by atoms with Crippen LogP contribution in [-0.4, -0.2) is 39.6 Å². The van der Waals surface area contributed by atoms with Crippen molar-refractivity contribution in [2.75, 3.05) is 18.4 Å². The lowest BCUT2D eigenvalue weighted by Gasteiger charge is -2.24. The third-order valence-corrected chi connectivity index (χ3v) is 5.57. The van der Waals surface area contributed by atoms with Crippen LogP contribution in [0.5, 0.6) is 0 Å². The number of rotatable bonds is 7. The molecule has 7 heteroatoms. The Labute approximate surface area is 204 Å². The highest BCUT2D eigenvalue weighted by atomic mass is 79.9. The van der Waals surface area contributed by atoms with Crippen LogP contribution in [0.1, 0.15) is 50.7 Å². The normalized spacial score (nSPS) is 11.5. The Morgan fingerprint density at radius 1 is 1.06 bits per heavy atom. The molecule has 1 heterocycles. The standard InChI is InChI=1S/C26H31BrN4O2/c1-18(2)16-30(25(33)19-11-13-20(27)14-12-19)17-24(32)28-23-15-22(26(3,4)5)29-31(23)21-9-7-6-8-10-21/h6-15,18H,16-17H2,1-5H3,(H,28,32). The SMILES string of the molecule is CC(C)CN(CC(=O)Nc1cc(C(C)(C)C)nn1-c1ccccc1)C(=O)c1ccc(Br)cc1. The van der Waals surface area contributed by atoms with Crippen LogP contribution in [0, 0.1) is 5.92 Å². The molecule has 2 aromatic carbocycles. The maximum atomic E-state index is 13.1. The van der Waals surface area contributed by atoms with Crippen molar-refractivity contribution in [2.24, 2.45) is 5.92 Å². The minimum Gasteiger partial charge on any atom is -0.329 e. The maximum absolute atomic E-state index is 13.1. The first-order chi connectivity index (χ1) is 15.5. The summed E-state index contributed by atoms with van der Waals surface area (Å²) in [6.07, 6.45) is 0. The van der Waals surface area contributed by atoms with Gasteiger partial charge in [0.2, 0.25) is 5.91 Å². The Morgan fingerprint density at radius 3 is 2.27 bits per heavy atom. The fourth-order valence-corrected chi connectivity index (χ4v) is 3.66. The first-order valence-corrected chi connectivity index (χ1v) is 11.8. The van der Waals surface area contributed by atoms with Crippen LogP contribution in [0.3, 0.4) is 0 Å². The van der Waals surface area contributed by atoms with E-state index in [9.17, 15) is 9.59 Å². The molecule has 0 unspecified atom stereocenters. The van der Waals surface area contributed by atoms with Gasteiger partial charge in [-0.2, -0.15) is 5.10 Å². The van der Waals surface area contributed by atoms with Crippen LogP contribution in [0.15, 0.2) is 65.1 Å². The van der Waals surface area contributed by atoms with E-state index in [0.717, 1.165) is 15.9 Å². The molecular weight excluding hydrogens is 480 g/mol. The third kappa shape index (κ3) is 6.54. The number of para-hydroxylation sites is 1. The van der Waals surface area contributed by atoms with Crippen molar-refractivity contribution >= 4 is 33.6 Å². The van der Waals surface area contributed by atoms with Gasteiger partial charge in [-0.1, -0.05) is 68.7 Å². The van der Waals surface area contributed by atoms with Crippen molar-refractivity contribution in [2.45, 2.75) is 40.0 Å². The minimum absolute atomic E-state index is 0.0438. The number of nitrogens with one attached hydrogen (secondary N) is 1. The molecule has 6 nitrogen and oxygen atoms in total. The lowest BCUT2D eigenvalue weighted by atomic mass is 9.92. The maximum Gasteiger partial charge on any atom is 0.254 e. The summed E-state index contributed by atoms with van der Waals surface area (Å²) in [5.74, 6) is 0.369. The van der Waals surface area contributed by atoms with E-state index >= 15 is 0 Å². The Balaban J connectivity index is 1.84. The first-order valence-electron chi connectivity index (χ1n) is 11.1. The van der Waals surface area contributed by atoms with Gasteiger partial charge in [0, 0.05) is 28.1 Å². The molecule has 0 bridgehead atoms. The Bertz CT molecular complexity index is 1100. The summed E-state index contributed by atoms with van der Waals surface area (Å²) in [5.41, 5.74) is 2.09. The number of carbonyl (C=O) groups is 2. The Morgan fingerprint density at radius 2 is 1.70 bits per heavy atom. The van der Waals surface area contributed by atoms with Gasteiger partial charge >= 0.3 is 0 Å². The molecule has 0 aliphatic heterocycles. The van der Waals surface area contributed by atoms with E-state index in [-0.39, 0.29) is 29.7 Å². The van der Waals surface area contributed by atoms with Gasteiger partial charge in [0.25, 0.3) is 5.91 Å². The largest absolute Gasteiger partial charge is 0.329 e.